The second-order valence-electron chi connectivity index (χ2n) is 5.06. The first kappa shape index (κ1) is 13.5. The predicted octanol–water partition coefficient (Wildman–Crippen LogP) is 4.02. The van der Waals surface area contributed by atoms with Crippen LogP contribution in [0.15, 0.2) is 48.8 Å². The monoisotopic (exact) mass is 253 g/mol. The third kappa shape index (κ3) is 3.75. The summed E-state index contributed by atoms with van der Waals surface area (Å²) in [6.07, 6.45) is 4.63. The quantitative estimate of drug-likeness (QED) is 0.753. The molecule has 0 atom stereocenters. The molecule has 0 spiro atoms. The molecule has 0 fully saturated rings. The molecule has 0 unspecified atom stereocenters. The lowest BCUT2D eigenvalue weighted by Gasteiger charge is -2.06. The van der Waals surface area contributed by atoms with Gasteiger partial charge in [0, 0.05) is 24.4 Å². The van der Waals surface area contributed by atoms with E-state index in [1.54, 1.807) is 18.5 Å². The average Bonchev–Trinajstić information content (AvgIpc) is 2.46. The third-order valence-electron chi connectivity index (χ3n) is 3.27. The summed E-state index contributed by atoms with van der Waals surface area (Å²) in [5.41, 5.74) is 3.24. The van der Waals surface area contributed by atoms with Crippen LogP contribution in [-0.2, 0) is 6.42 Å². The summed E-state index contributed by atoms with van der Waals surface area (Å²) in [5.74, 6) is 0.701. The molecule has 0 saturated carbocycles. The molecule has 0 radical (unpaired) electrons. The average molecular weight is 253 g/mol. The number of hydrogen-bond donors (Lipinski definition) is 0. The minimum atomic E-state index is 0.154. The molecule has 0 saturated heterocycles. The van der Waals surface area contributed by atoms with Crippen molar-refractivity contribution in [3.8, 4) is 0 Å². The number of Topliss-reactive ketones (excluding diaryl/α,β-unsaturated/α-hetero) is 1. The van der Waals surface area contributed by atoms with Crippen LogP contribution in [0.5, 0.6) is 0 Å². The van der Waals surface area contributed by atoms with Gasteiger partial charge in [0.25, 0.3) is 0 Å². The highest BCUT2D eigenvalue weighted by molar-refractivity contribution is 5.95. The van der Waals surface area contributed by atoms with Gasteiger partial charge >= 0.3 is 0 Å². The molecule has 1 aromatic carbocycles. The Morgan fingerprint density at radius 3 is 2.47 bits per heavy atom. The first-order valence-electron chi connectivity index (χ1n) is 6.69. The van der Waals surface area contributed by atoms with Gasteiger partial charge in [-0.25, -0.2) is 0 Å². The summed E-state index contributed by atoms with van der Waals surface area (Å²) >= 11 is 0. The van der Waals surface area contributed by atoms with Gasteiger partial charge in [-0.3, -0.25) is 9.78 Å². The number of ketones is 1. The number of nitrogens with zero attached hydrogens (tertiary/aromatic N) is 1. The summed E-state index contributed by atoms with van der Waals surface area (Å²) < 4.78 is 0. The normalized spacial score (nSPS) is 10.7. The molecule has 0 aliphatic carbocycles. The van der Waals surface area contributed by atoms with E-state index in [1.165, 1.54) is 11.1 Å². The maximum absolute atomic E-state index is 12.0. The SMILES string of the molecule is CC(C)c1ccc(CCC(=O)c2cccnc2)cc1. The Bertz CT molecular complexity index is 529. The van der Waals surface area contributed by atoms with Crippen LogP contribution in [0, 0.1) is 0 Å². The number of carbonyl (C=O) groups excluding carboxylic acids is 1. The van der Waals surface area contributed by atoms with Crippen molar-refractivity contribution in [3.63, 3.8) is 0 Å². The highest BCUT2D eigenvalue weighted by atomic mass is 16.1. The van der Waals surface area contributed by atoms with E-state index >= 15 is 0 Å². The van der Waals surface area contributed by atoms with Gasteiger partial charge < -0.3 is 0 Å². The number of carbonyl (C=O) groups is 1. The van der Waals surface area contributed by atoms with Crippen LogP contribution in [-0.4, -0.2) is 10.8 Å². The van der Waals surface area contributed by atoms with Crippen molar-refractivity contribution in [2.75, 3.05) is 0 Å². The van der Waals surface area contributed by atoms with E-state index in [1.807, 2.05) is 6.07 Å². The van der Waals surface area contributed by atoms with E-state index in [0.717, 1.165) is 6.42 Å². The number of aromatic nitrogens is 1. The Balaban J connectivity index is 1.94. The second kappa shape index (κ2) is 6.28. The van der Waals surface area contributed by atoms with Crippen LogP contribution >= 0.6 is 0 Å². The zero-order valence-corrected chi connectivity index (χ0v) is 11.5. The maximum atomic E-state index is 12.0. The van der Waals surface area contributed by atoms with E-state index in [0.29, 0.717) is 17.9 Å². The van der Waals surface area contributed by atoms with Crippen LogP contribution in [0.25, 0.3) is 0 Å². The van der Waals surface area contributed by atoms with Gasteiger partial charge in [-0.2, -0.15) is 0 Å². The second-order valence-corrected chi connectivity index (χ2v) is 5.06. The van der Waals surface area contributed by atoms with Crippen molar-refractivity contribution in [2.45, 2.75) is 32.6 Å². The van der Waals surface area contributed by atoms with Crippen molar-refractivity contribution in [3.05, 3.63) is 65.5 Å². The molecule has 1 aromatic heterocycles. The molecule has 0 aliphatic heterocycles. The fourth-order valence-electron chi connectivity index (χ4n) is 2.00. The van der Waals surface area contributed by atoms with Crippen molar-refractivity contribution in [1.29, 1.82) is 0 Å². The zero-order chi connectivity index (χ0) is 13.7. The molecule has 0 aliphatic rings. The molecule has 2 nitrogen and oxygen atoms in total. The van der Waals surface area contributed by atoms with Crippen molar-refractivity contribution in [2.24, 2.45) is 0 Å². The smallest absolute Gasteiger partial charge is 0.164 e. The lowest BCUT2D eigenvalue weighted by Crippen LogP contribution is -2.01. The zero-order valence-electron chi connectivity index (χ0n) is 11.5. The lowest BCUT2D eigenvalue weighted by molar-refractivity contribution is 0.0982. The largest absolute Gasteiger partial charge is 0.294 e. The molecule has 2 aromatic rings. The number of hydrogen-bond acceptors (Lipinski definition) is 2. The number of aryl methyl sites for hydroxylation is 1. The molecule has 98 valence electrons. The standard InChI is InChI=1S/C17H19NO/c1-13(2)15-8-5-14(6-9-15)7-10-17(19)16-4-3-11-18-12-16/h3-6,8-9,11-13H,7,10H2,1-2H3. The number of rotatable bonds is 5. The highest BCUT2D eigenvalue weighted by Crippen LogP contribution is 2.16. The van der Waals surface area contributed by atoms with E-state index in [9.17, 15) is 4.79 Å². The maximum Gasteiger partial charge on any atom is 0.164 e. The minimum absolute atomic E-state index is 0.154. The van der Waals surface area contributed by atoms with Crippen LogP contribution < -0.4 is 0 Å². The Hall–Kier alpha value is -1.96. The molecular weight excluding hydrogens is 234 g/mol. The van der Waals surface area contributed by atoms with Crippen molar-refractivity contribution < 1.29 is 4.79 Å². The lowest BCUT2D eigenvalue weighted by atomic mass is 9.99. The molecule has 1 heterocycles. The van der Waals surface area contributed by atoms with Gasteiger partial charge in [-0.15, -0.1) is 0 Å². The van der Waals surface area contributed by atoms with Gasteiger partial charge in [-0.1, -0.05) is 38.1 Å². The molecule has 2 rings (SSSR count). The van der Waals surface area contributed by atoms with Crippen molar-refractivity contribution >= 4 is 5.78 Å². The van der Waals surface area contributed by atoms with Crippen LogP contribution in [0.2, 0.25) is 0 Å². The van der Waals surface area contributed by atoms with E-state index in [2.05, 4.69) is 43.1 Å². The first-order chi connectivity index (χ1) is 9.16. The molecule has 0 bridgehead atoms. The molecule has 0 amide bonds. The molecule has 0 N–H and O–H groups in total. The van der Waals surface area contributed by atoms with Gasteiger partial charge in [0.1, 0.15) is 0 Å². The Kier molecular flexibility index (Phi) is 4.45. The van der Waals surface area contributed by atoms with E-state index in [4.69, 9.17) is 0 Å². The van der Waals surface area contributed by atoms with Gasteiger partial charge in [0.2, 0.25) is 0 Å². The Labute approximate surface area is 114 Å². The van der Waals surface area contributed by atoms with E-state index in [-0.39, 0.29) is 5.78 Å². The summed E-state index contributed by atoms with van der Waals surface area (Å²) in [4.78, 5) is 15.9. The Morgan fingerprint density at radius 2 is 1.89 bits per heavy atom. The number of pyridine rings is 1. The molecular formula is C17H19NO. The Morgan fingerprint density at radius 1 is 1.16 bits per heavy atom. The van der Waals surface area contributed by atoms with Crippen LogP contribution in [0.3, 0.4) is 0 Å². The minimum Gasteiger partial charge on any atom is -0.294 e. The fourth-order valence-corrected chi connectivity index (χ4v) is 2.00. The fraction of sp³-hybridized carbons (Fsp3) is 0.294. The molecule has 19 heavy (non-hydrogen) atoms. The van der Waals surface area contributed by atoms with Gasteiger partial charge in [0.05, 0.1) is 0 Å². The highest BCUT2D eigenvalue weighted by Gasteiger charge is 2.06. The van der Waals surface area contributed by atoms with Crippen molar-refractivity contribution in [1.82, 2.24) is 4.98 Å². The predicted molar refractivity (Wildman–Crippen MR) is 77.4 cm³/mol. The van der Waals surface area contributed by atoms with Gasteiger partial charge in [0.15, 0.2) is 5.78 Å². The number of benzene rings is 1. The first-order valence-corrected chi connectivity index (χ1v) is 6.69. The van der Waals surface area contributed by atoms with Crippen LogP contribution in [0.4, 0.5) is 0 Å². The van der Waals surface area contributed by atoms with Gasteiger partial charge in [-0.05, 0) is 35.6 Å². The summed E-state index contributed by atoms with van der Waals surface area (Å²) in [6, 6.07) is 12.1. The third-order valence-corrected chi connectivity index (χ3v) is 3.27. The summed E-state index contributed by atoms with van der Waals surface area (Å²) in [6.45, 7) is 4.36. The summed E-state index contributed by atoms with van der Waals surface area (Å²) in [5, 5.41) is 0. The van der Waals surface area contributed by atoms with Crippen LogP contribution in [0.1, 0.15) is 47.7 Å². The summed E-state index contributed by atoms with van der Waals surface area (Å²) in [7, 11) is 0. The molecule has 2 heteroatoms. The van der Waals surface area contributed by atoms with E-state index < -0.39 is 0 Å². The topological polar surface area (TPSA) is 30.0 Å².